The van der Waals surface area contributed by atoms with E-state index >= 15 is 0 Å². The van der Waals surface area contributed by atoms with Crippen molar-refractivity contribution in [1.29, 1.82) is 0 Å². The summed E-state index contributed by atoms with van der Waals surface area (Å²) in [4.78, 5) is 13.6. The van der Waals surface area contributed by atoms with Gasteiger partial charge in [0.25, 0.3) is 0 Å². The number of nitrogens with one attached hydrogen (secondary N) is 1. The zero-order chi connectivity index (χ0) is 12.7. The van der Waals surface area contributed by atoms with Gasteiger partial charge in [0.15, 0.2) is 0 Å². The molecule has 4 heteroatoms. The first-order valence-electron chi connectivity index (χ1n) is 6.75. The van der Waals surface area contributed by atoms with Crippen LogP contribution in [0.2, 0.25) is 0 Å². The summed E-state index contributed by atoms with van der Waals surface area (Å²) in [6.45, 7) is 7.64. The SMILES string of the molecule is CCC1CN(CCCC(=O)OC)C(CC)CN1. The molecule has 1 heterocycles. The van der Waals surface area contributed by atoms with Crippen LogP contribution in [0.25, 0.3) is 0 Å². The van der Waals surface area contributed by atoms with E-state index in [2.05, 4.69) is 28.8 Å². The first-order valence-corrected chi connectivity index (χ1v) is 6.75. The highest BCUT2D eigenvalue weighted by molar-refractivity contribution is 5.69. The number of nitrogens with zero attached hydrogens (tertiary/aromatic N) is 1. The highest BCUT2D eigenvalue weighted by Gasteiger charge is 2.25. The van der Waals surface area contributed by atoms with E-state index in [0.29, 0.717) is 18.5 Å². The summed E-state index contributed by atoms with van der Waals surface area (Å²) in [5, 5.41) is 3.58. The number of methoxy groups -OCH3 is 1. The van der Waals surface area contributed by atoms with Gasteiger partial charge in [0.1, 0.15) is 0 Å². The predicted octanol–water partition coefficient (Wildman–Crippen LogP) is 1.40. The maximum atomic E-state index is 11.1. The van der Waals surface area contributed by atoms with Crippen LogP contribution in [-0.4, -0.2) is 49.7 Å². The maximum absolute atomic E-state index is 11.1. The number of hydrogen-bond acceptors (Lipinski definition) is 4. The molecule has 1 N–H and O–H groups in total. The molecule has 2 unspecified atom stereocenters. The third kappa shape index (κ3) is 4.64. The molecule has 0 saturated carbocycles. The molecule has 1 rings (SSSR count). The van der Waals surface area contributed by atoms with Crippen LogP contribution in [0.5, 0.6) is 0 Å². The topological polar surface area (TPSA) is 41.6 Å². The van der Waals surface area contributed by atoms with E-state index in [1.807, 2.05) is 0 Å². The summed E-state index contributed by atoms with van der Waals surface area (Å²) in [6, 6.07) is 1.23. The number of ether oxygens (including phenoxy) is 1. The molecule has 1 aliphatic heterocycles. The average molecular weight is 242 g/mol. The van der Waals surface area contributed by atoms with E-state index in [9.17, 15) is 4.79 Å². The lowest BCUT2D eigenvalue weighted by Gasteiger charge is -2.40. The van der Waals surface area contributed by atoms with E-state index in [0.717, 1.165) is 26.1 Å². The fourth-order valence-corrected chi connectivity index (χ4v) is 2.41. The summed E-state index contributed by atoms with van der Waals surface area (Å²) in [6.07, 6.45) is 3.78. The van der Waals surface area contributed by atoms with Crippen molar-refractivity contribution in [2.45, 2.75) is 51.6 Å². The first kappa shape index (κ1) is 14.5. The molecule has 1 saturated heterocycles. The van der Waals surface area contributed by atoms with E-state index in [1.54, 1.807) is 0 Å². The van der Waals surface area contributed by atoms with Gasteiger partial charge in [-0.25, -0.2) is 0 Å². The minimum Gasteiger partial charge on any atom is -0.469 e. The monoisotopic (exact) mass is 242 g/mol. The molecule has 1 aliphatic rings. The molecule has 0 radical (unpaired) electrons. The summed E-state index contributed by atoms with van der Waals surface area (Å²) in [5.74, 6) is -0.0970. The number of piperazine rings is 1. The Kier molecular flexibility index (Phi) is 6.52. The van der Waals surface area contributed by atoms with Gasteiger partial charge >= 0.3 is 5.97 Å². The Hall–Kier alpha value is -0.610. The van der Waals surface area contributed by atoms with Gasteiger partial charge in [0, 0.05) is 31.6 Å². The third-order valence-electron chi connectivity index (χ3n) is 3.63. The van der Waals surface area contributed by atoms with E-state index in [-0.39, 0.29) is 5.97 Å². The molecular formula is C13H26N2O2. The Morgan fingerprint density at radius 2 is 2.18 bits per heavy atom. The van der Waals surface area contributed by atoms with E-state index < -0.39 is 0 Å². The van der Waals surface area contributed by atoms with Gasteiger partial charge in [-0.3, -0.25) is 9.69 Å². The molecule has 1 fully saturated rings. The lowest BCUT2D eigenvalue weighted by atomic mass is 10.0. The van der Waals surface area contributed by atoms with Gasteiger partial charge < -0.3 is 10.1 Å². The average Bonchev–Trinajstić information content (AvgIpc) is 2.38. The van der Waals surface area contributed by atoms with Crippen LogP contribution in [0.3, 0.4) is 0 Å². The lowest BCUT2D eigenvalue weighted by molar-refractivity contribution is -0.140. The fourth-order valence-electron chi connectivity index (χ4n) is 2.41. The zero-order valence-electron chi connectivity index (χ0n) is 11.4. The van der Waals surface area contributed by atoms with Gasteiger partial charge in [-0.05, 0) is 25.8 Å². The Balaban J connectivity index is 2.33. The molecular weight excluding hydrogens is 216 g/mol. The van der Waals surface area contributed by atoms with Crippen molar-refractivity contribution in [3.05, 3.63) is 0 Å². The third-order valence-corrected chi connectivity index (χ3v) is 3.63. The standard InChI is InChI=1S/C13H26N2O2/c1-4-11-10-15(12(5-2)9-14-11)8-6-7-13(16)17-3/h11-12,14H,4-10H2,1-3H3. The number of rotatable bonds is 6. The van der Waals surface area contributed by atoms with Crippen molar-refractivity contribution in [3.8, 4) is 0 Å². The van der Waals surface area contributed by atoms with Crippen LogP contribution >= 0.6 is 0 Å². The number of carbonyl (C=O) groups is 1. The number of hydrogen-bond donors (Lipinski definition) is 1. The minimum absolute atomic E-state index is 0.0970. The largest absolute Gasteiger partial charge is 0.469 e. The highest BCUT2D eigenvalue weighted by Crippen LogP contribution is 2.13. The Labute approximate surface area is 105 Å². The normalized spacial score (nSPS) is 25.8. The molecule has 0 aliphatic carbocycles. The first-order chi connectivity index (χ1) is 8.21. The van der Waals surface area contributed by atoms with Crippen molar-refractivity contribution >= 4 is 5.97 Å². The summed E-state index contributed by atoms with van der Waals surface area (Å²) in [5.41, 5.74) is 0. The Bertz CT molecular complexity index is 233. The van der Waals surface area contributed by atoms with Gasteiger partial charge in [-0.1, -0.05) is 13.8 Å². The van der Waals surface area contributed by atoms with E-state index in [4.69, 9.17) is 0 Å². The Morgan fingerprint density at radius 1 is 1.41 bits per heavy atom. The van der Waals surface area contributed by atoms with E-state index in [1.165, 1.54) is 20.0 Å². The van der Waals surface area contributed by atoms with Crippen LogP contribution in [0.4, 0.5) is 0 Å². The Morgan fingerprint density at radius 3 is 2.76 bits per heavy atom. The molecule has 0 aromatic rings. The molecule has 100 valence electrons. The number of carbonyl (C=O) groups excluding carboxylic acids is 1. The quantitative estimate of drug-likeness (QED) is 0.715. The number of esters is 1. The smallest absolute Gasteiger partial charge is 0.305 e. The molecule has 17 heavy (non-hydrogen) atoms. The summed E-state index contributed by atoms with van der Waals surface area (Å²) >= 11 is 0. The second-order valence-electron chi connectivity index (χ2n) is 4.75. The maximum Gasteiger partial charge on any atom is 0.305 e. The zero-order valence-corrected chi connectivity index (χ0v) is 11.4. The van der Waals surface area contributed by atoms with Gasteiger partial charge in [0.05, 0.1) is 7.11 Å². The van der Waals surface area contributed by atoms with Crippen LogP contribution in [0.1, 0.15) is 39.5 Å². The van der Waals surface area contributed by atoms with Crippen molar-refractivity contribution < 1.29 is 9.53 Å². The van der Waals surface area contributed by atoms with Crippen LogP contribution in [-0.2, 0) is 9.53 Å². The van der Waals surface area contributed by atoms with Crippen LogP contribution in [0, 0.1) is 0 Å². The molecule has 0 spiro atoms. The van der Waals surface area contributed by atoms with Crippen molar-refractivity contribution in [2.75, 3.05) is 26.7 Å². The van der Waals surface area contributed by atoms with Crippen LogP contribution in [0.15, 0.2) is 0 Å². The predicted molar refractivity (Wildman–Crippen MR) is 69.0 cm³/mol. The fraction of sp³-hybridized carbons (Fsp3) is 0.923. The van der Waals surface area contributed by atoms with Crippen molar-refractivity contribution in [1.82, 2.24) is 10.2 Å². The summed E-state index contributed by atoms with van der Waals surface area (Å²) < 4.78 is 4.67. The van der Waals surface area contributed by atoms with Crippen LogP contribution < -0.4 is 5.32 Å². The van der Waals surface area contributed by atoms with Gasteiger partial charge in [-0.15, -0.1) is 0 Å². The molecule has 2 atom stereocenters. The van der Waals surface area contributed by atoms with Crippen molar-refractivity contribution in [3.63, 3.8) is 0 Å². The van der Waals surface area contributed by atoms with Gasteiger partial charge in [0.2, 0.25) is 0 Å². The molecule has 4 nitrogen and oxygen atoms in total. The minimum atomic E-state index is -0.0970. The molecule has 0 aromatic heterocycles. The second-order valence-corrected chi connectivity index (χ2v) is 4.75. The molecule has 0 bridgehead atoms. The molecule has 0 aromatic carbocycles. The van der Waals surface area contributed by atoms with Gasteiger partial charge in [-0.2, -0.15) is 0 Å². The lowest BCUT2D eigenvalue weighted by Crippen LogP contribution is -2.56. The van der Waals surface area contributed by atoms with Crippen molar-refractivity contribution in [2.24, 2.45) is 0 Å². The highest BCUT2D eigenvalue weighted by atomic mass is 16.5. The summed E-state index contributed by atoms with van der Waals surface area (Å²) in [7, 11) is 1.45. The molecule has 0 amide bonds. The second kappa shape index (κ2) is 7.67.